The molecule has 1 aliphatic carbocycles. The van der Waals surface area contributed by atoms with Gasteiger partial charge in [-0.05, 0) is 30.7 Å². The average Bonchev–Trinajstić information content (AvgIpc) is 2.36. The minimum Gasteiger partial charge on any atom is -0.393 e. The molecule has 2 unspecified atom stereocenters. The summed E-state index contributed by atoms with van der Waals surface area (Å²) in [5.41, 5.74) is 5.76. The van der Waals surface area contributed by atoms with E-state index < -0.39 is 0 Å². The van der Waals surface area contributed by atoms with E-state index in [9.17, 15) is 5.11 Å². The number of hydrogen-bond acceptors (Lipinski definition) is 2. The molecule has 0 aromatic heterocycles. The predicted octanol–water partition coefficient (Wildman–Crippen LogP) is 1.13. The summed E-state index contributed by atoms with van der Waals surface area (Å²) in [4.78, 5) is 0. The highest BCUT2D eigenvalue weighted by Gasteiger charge is 2.36. The summed E-state index contributed by atoms with van der Waals surface area (Å²) in [5, 5.41) is 9.60. The Hall–Kier alpha value is -0.0800. The molecule has 3 N–H and O–H groups in total. The molecule has 0 saturated heterocycles. The van der Waals surface area contributed by atoms with E-state index in [1.54, 1.807) is 0 Å². The lowest BCUT2D eigenvalue weighted by molar-refractivity contribution is 0.0631. The van der Waals surface area contributed by atoms with Gasteiger partial charge in [-0.2, -0.15) is 0 Å². The monoisotopic (exact) mass is 157 g/mol. The van der Waals surface area contributed by atoms with E-state index in [0.29, 0.717) is 12.5 Å². The van der Waals surface area contributed by atoms with Crippen LogP contribution in [-0.4, -0.2) is 17.8 Å². The minimum absolute atomic E-state index is 0.103. The quantitative estimate of drug-likeness (QED) is 0.631. The fourth-order valence-electron chi connectivity index (χ4n) is 2.00. The van der Waals surface area contributed by atoms with E-state index in [4.69, 9.17) is 5.73 Å². The van der Waals surface area contributed by atoms with Crippen molar-refractivity contribution < 1.29 is 5.11 Å². The van der Waals surface area contributed by atoms with Gasteiger partial charge in [-0.3, -0.25) is 0 Å². The topological polar surface area (TPSA) is 46.2 Å². The Kier molecular flexibility index (Phi) is 2.55. The van der Waals surface area contributed by atoms with Crippen molar-refractivity contribution in [2.24, 2.45) is 17.1 Å². The smallest absolute Gasteiger partial charge is 0.0574 e. The number of nitrogens with two attached hydrogens (primary N) is 1. The zero-order chi connectivity index (χ0) is 8.48. The van der Waals surface area contributed by atoms with Gasteiger partial charge in [0, 0.05) is 0 Å². The van der Waals surface area contributed by atoms with Gasteiger partial charge in [-0.25, -0.2) is 0 Å². The highest BCUT2D eigenvalue weighted by atomic mass is 16.3. The Bertz CT molecular complexity index is 134. The molecule has 1 aliphatic rings. The van der Waals surface area contributed by atoms with Crippen LogP contribution >= 0.6 is 0 Å². The van der Waals surface area contributed by atoms with Crippen LogP contribution in [0.15, 0.2) is 0 Å². The Balaban J connectivity index is 2.58. The largest absolute Gasteiger partial charge is 0.393 e. The van der Waals surface area contributed by atoms with Gasteiger partial charge in [0.1, 0.15) is 0 Å². The number of aliphatic hydroxyl groups is 1. The molecule has 0 heterocycles. The molecular weight excluding hydrogens is 138 g/mol. The van der Waals surface area contributed by atoms with Crippen LogP contribution in [0.5, 0.6) is 0 Å². The molecule has 11 heavy (non-hydrogen) atoms. The summed E-state index contributed by atoms with van der Waals surface area (Å²) in [6.45, 7) is 4.97. The van der Waals surface area contributed by atoms with Gasteiger partial charge >= 0.3 is 0 Å². The van der Waals surface area contributed by atoms with E-state index >= 15 is 0 Å². The van der Waals surface area contributed by atoms with Crippen molar-refractivity contribution in [3.8, 4) is 0 Å². The fourth-order valence-corrected chi connectivity index (χ4v) is 2.00. The van der Waals surface area contributed by atoms with Crippen molar-refractivity contribution in [2.45, 2.75) is 39.2 Å². The van der Waals surface area contributed by atoms with E-state index in [1.807, 2.05) is 0 Å². The second-order valence-electron chi connectivity index (χ2n) is 4.30. The lowest BCUT2D eigenvalue weighted by Crippen LogP contribution is -2.36. The van der Waals surface area contributed by atoms with Gasteiger partial charge in [0.25, 0.3) is 0 Å². The van der Waals surface area contributed by atoms with Crippen molar-refractivity contribution in [1.29, 1.82) is 0 Å². The van der Waals surface area contributed by atoms with Crippen LogP contribution in [0.25, 0.3) is 0 Å². The molecule has 2 heteroatoms. The lowest BCUT2D eigenvalue weighted by Gasteiger charge is -2.32. The first kappa shape index (κ1) is 9.01. The van der Waals surface area contributed by atoms with Gasteiger partial charge < -0.3 is 10.8 Å². The molecule has 1 saturated carbocycles. The normalized spacial score (nSPS) is 32.7. The molecule has 2 atom stereocenters. The number of aliphatic hydroxyl groups excluding tert-OH is 1. The second kappa shape index (κ2) is 3.11. The molecule has 1 rings (SSSR count). The third-order valence-electron chi connectivity index (χ3n) is 3.01. The third kappa shape index (κ3) is 1.74. The Labute approximate surface area is 68.8 Å². The molecule has 0 bridgehead atoms. The fraction of sp³-hybridized carbons (Fsp3) is 1.00. The van der Waals surface area contributed by atoms with Gasteiger partial charge in [-0.1, -0.05) is 20.3 Å². The van der Waals surface area contributed by atoms with Crippen LogP contribution in [0.3, 0.4) is 0 Å². The summed E-state index contributed by atoms with van der Waals surface area (Å²) in [5.74, 6) is 0.424. The second-order valence-corrected chi connectivity index (χ2v) is 4.30. The number of hydrogen-bond donors (Lipinski definition) is 2. The molecule has 0 aromatic rings. The highest BCUT2D eigenvalue weighted by Crippen LogP contribution is 2.38. The van der Waals surface area contributed by atoms with Gasteiger partial charge in [0.05, 0.1) is 6.10 Å². The first-order valence-electron chi connectivity index (χ1n) is 4.46. The van der Waals surface area contributed by atoms with Crippen molar-refractivity contribution in [1.82, 2.24) is 0 Å². The molecule has 0 aliphatic heterocycles. The third-order valence-corrected chi connectivity index (χ3v) is 3.01. The van der Waals surface area contributed by atoms with E-state index in [0.717, 1.165) is 19.3 Å². The van der Waals surface area contributed by atoms with Crippen LogP contribution in [0.2, 0.25) is 0 Å². The highest BCUT2D eigenvalue weighted by molar-refractivity contribution is 4.88. The molecule has 2 nitrogen and oxygen atoms in total. The van der Waals surface area contributed by atoms with E-state index in [2.05, 4.69) is 13.8 Å². The predicted molar refractivity (Wildman–Crippen MR) is 46.2 cm³/mol. The summed E-state index contributed by atoms with van der Waals surface area (Å²) in [6, 6.07) is 0. The summed E-state index contributed by atoms with van der Waals surface area (Å²) >= 11 is 0. The molecular formula is C9H19NO. The molecule has 0 amide bonds. The maximum atomic E-state index is 9.60. The van der Waals surface area contributed by atoms with E-state index in [1.165, 1.54) is 0 Å². The van der Waals surface area contributed by atoms with Crippen LogP contribution < -0.4 is 5.73 Å². The lowest BCUT2D eigenvalue weighted by atomic mass is 9.77. The summed E-state index contributed by atoms with van der Waals surface area (Å²) in [6.07, 6.45) is 3.17. The zero-order valence-corrected chi connectivity index (χ0v) is 7.51. The Morgan fingerprint density at radius 3 is 2.45 bits per heavy atom. The Morgan fingerprint density at radius 2 is 2.09 bits per heavy atom. The average molecular weight is 157 g/mol. The van der Waals surface area contributed by atoms with Crippen LogP contribution in [0, 0.1) is 11.3 Å². The van der Waals surface area contributed by atoms with Crippen molar-refractivity contribution in [2.75, 3.05) is 6.54 Å². The van der Waals surface area contributed by atoms with Crippen molar-refractivity contribution in [3.63, 3.8) is 0 Å². The molecule has 0 aromatic carbocycles. The molecule has 0 spiro atoms. The van der Waals surface area contributed by atoms with Gasteiger partial charge in [0.2, 0.25) is 0 Å². The SMILES string of the molecule is CC(C)(CN)C1CCCC1O. The first-order chi connectivity index (χ1) is 5.08. The first-order valence-corrected chi connectivity index (χ1v) is 4.46. The van der Waals surface area contributed by atoms with Crippen molar-refractivity contribution >= 4 is 0 Å². The summed E-state index contributed by atoms with van der Waals surface area (Å²) in [7, 11) is 0. The van der Waals surface area contributed by atoms with Crippen LogP contribution in [-0.2, 0) is 0 Å². The molecule has 0 radical (unpaired) electrons. The minimum atomic E-state index is -0.103. The maximum absolute atomic E-state index is 9.60. The molecule has 66 valence electrons. The Morgan fingerprint density at radius 1 is 1.45 bits per heavy atom. The zero-order valence-electron chi connectivity index (χ0n) is 7.51. The van der Waals surface area contributed by atoms with Crippen LogP contribution in [0.1, 0.15) is 33.1 Å². The van der Waals surface area contributed by atoms with E-state index in [-0.39, 0.29) is 11.5 Å². The summed E-state index contributed by atoms with van der Waals surface area (Å²) < 4.78 is 0. The standard InChI is InChI=1S/C9H19NO/c1-9(2,6-10)7-4-3-5-8(7)11/h7-8,11H,3-6,10H2,1-2H3. The number of rotatable bonds is 2. The molecule has 1 fully saturated rings. The maximum Gasteiger partial charge on any atom is 0.0574 e. The van der Waals surface area contributed by atoms with Gasteiger partial charge in [0.15, 0.2) is 0 Å². The van der Waals surface area contributed by atoms with Crippen molar-refractivity contribution in [3.05, 3.63) is 0 Å². The van der Waals surface area contributed by atoms with Gasteiger partial charge in [-0.15, -0.1) is 0 Å². The van der Waals surface area contributed by atoms with Crippen LogP contribution in [0.4, 0.5) is 0 Å².